The Kier molecular flexibility index (Phi) is 3.37. The first kappa shape index (κ1) is 12.9. The summed E-state index contributed by atoms with van der Waals surface area (Å²) in [6.45, 7) is 0. The molecule has 5 heteroatoms. The van der Waals surface area contributed by atoms with Gasteiger partial charge in [-0.05, 0) is 42.5 Å². The summed E-state index contributed by atoms with van der Waals surface area (Å²) in [4.78, 5) is 13.5. The van der Waals surface area contributed by atoms with Crippen molar-refractivity contribution in [2.45, 2.75) is 0 Å². The maximum absolute atomic E-state index is 12.8. The monoisotopic (exact) mass is 261 g/mol. The first-order chi connectivity index (χ1) is 8.99. The van der Waals surface area contributed by atoms with Gasteiger partial charge in [-0.25, -0.2) is 4.39 Å². The molecule has 0 aliphatic heterocycles. The van der Waals surface area contributed by atoms with E-state index in [1.807, 2.05) is 0 Å². The van der Waals surface area contributed by atoms with Gasteiger partial charge in [0.25, 0.3) is 5.91 Å². The molecule has 0 spiro atoms. The van der Waals surface area contributed by atoms with E-state index in [-0.39, 0.29) is 28.8 Å². The van der Waals surface area contributed by atoms with Gasteiger partial charge < -0.3 is 15.1 Å². The quantitative estimate of drug-likeness (QED) is 0.816. The van der Waals surface area contributed by atoms with Crippen molar-refractivity contribution in [3.63, 3.8) is 0 Å². The number of carbonyl (C=O) groups is 1. The van der Waals surface area contributed by atoms with Crippen LogP contribution in [0.1, 0.15) is 10.4 Å². The molecule has 19 heavy (non-hydrogen) atoms. The smallest absolute Gasteiger partial charge is 0.258 e. The molecule has 0 fully saturated rings. The molecule has 0 unspecified atom stereocenters. The predicted octanol–water partition coefficient (Wildman–Crippen LogP) is 2.51. The van der Waals surface area contributed by atoms with Crippen LogP contribution in [0.3, 0.4) is 0 Å². The van der Waals surface area contributed by atoms with Crippen molar-refractivity contribution in [3.8, 4) is 11.5 Å². The number of halogens is 1. The molecule has 98 valence electrons. The van der Waals surface area contributed by atoms with Crippen LogP contribution in [0.5, 0.6) is 11.5 Å². The Bertz CT molecular complexity index is 611. The summed E-state index contributed by atoms with van der Waals surface area (Å²) in [5.41, 5.74) is 0.751. The van der Waals surface area contributed by atoms with Gasteiger partial charge in [0.05, 0.1) is 0 Å². The molecule has 0 radical (unpaired) electrons. The zero-order valence-electron chi connectivity index (χ0n) is 10.2. The van der Waals surface area contributed by atoms with Crippen LogP contribution in [0.2, 0.25) is 0 Å². The second-order valence-electron chi connectivity index (χ2n) is 4.04. The minimum absolute atomic E-state index is 0.224. The molecule has 1 amide bonds. The number of amides is 1. The molecule has 0 saturated carbocycles. The number of aromatic hydroxyl groups is 2. The zero-order chi connectivity index (χ0) is 14.0. The predicted molar refractivity (Wildman–Crippen MR) is 68.9 cm³/mol. The standard InChI is InChI=1S/C14H12FNO3/c1-16(11-5-3-10(15)4-6-11)14(19)9-2-7-12(17)13(18)8-9/h2-8,17-18H,1H3. The molecule has 0 bridgehead atoms. The highest BCUT2D eigenvalue weighted by Crippen LogP contribution is 2.26. The van der Waals surface area contributed by atoms with E-state index in [1.165, 1.54) is 47.4 Å². The molecule has 2 aromatic carbocycles. The topological polar surface area (TPSA) is 60.8 Å². The van der Waals surface area contributed by atoms with Gasteiger partial charge >= 0.3 is 0 Å². The fourth-order valence-electron chi connectivity index (χ4n) is 1.63. The molecular weight excluding hydrogens is 249 g/mol. The Hall–Kier alpha value is -2.56. The number of hydrogen-bond acceptors (Lipinski definition) is 3. The highest BCUT2D eigenvalue weighted by molar-refractivity contribution is 6.06. The van der Waals surface area contributed by atoms with Crippen molar-refractivity contribution < 1.29 is 19.4 Å². The van der Waals surface area contributed by atoms with Crippen LogP contribution in [0.15, 0.2) is 42.5 Å². The number of hydrogen-bond donors (Lipinski definition) is 2. The Balaban J connectivity index is 2.28. The molecule has 2 rings (SSSR count). The Morgan fingerprint density at radius 1 is 1.05 bits per heavy atom. The largest absolute Gasteiger partial charge is 0.504 e. The molecule has 4 nitrogen and oxygen atoms in total. The highest BCUT2D eigenvalue weighted by atomic mass is 19.1. The lowest BCUT2D eigenvalue weighted by molar-refractivity contribution is 0.0992. The normalized spacial score (nSPS) is 10.2. The van der Waals surface area contributed by atoms with Crippen molar-refractivity contribution in [1.29, 1.82) is 0 Å². The van der Waals surface area contributed by atoms with E-state index in [9.17, 15) is 19.4 Å². The van der Waals surface area contributed by atoms with Crippen LogP contribution < -0.4 is 4.90 Å². The minimum atomic E-state index is -0.383. The van der Waals surface area contributed by atoms with Crippen LogP contribution in [0.4, 0.5) is 10.1 Å². The van der Waals surface area contributed by atoms with Crippen LogP contribution in [-0.4, -0.2) is 23.2 Å². The molecule has 0 aromatic heterocycles. The minimum Gasteiger partial charge on any atom is -0.504 e. The number of phenols is 2. The van der Waals surface area contributed by atoms with Gasteiger partial charge in [-0.1, -0.05) is 0 Å². The summed E-state index contributed by atoms with van der Waals surface area (Å²) in [5, 5.41) is 18.6. The van der Waals surface area contributed by atoms with Crippen LogP contribution in [0.25, 0.3) is 0 Å². The summed E-state index contributed by atoms with van der Waals surface area (Å²) in [5.74, 6) is -1.41. The molecule has 0 aliphatic carbocycles. The van der Waals surface area contributed by atoms with E-state index in [1.54, 1.807) is 7.05 Å². The number of nitrogens with zero attached hydrogens (tertiary/aromatic N) is 1. The average Bonchev–Trinajstić information content (AvgIpc) is 2.41. The van der Waals surface area contributed by atoms with E-state index in [4.69, 9.17) is 0 Å². The van der Waals surface area contributed by atoms with Crippen molar-refractivity contribution in [2.24, 2.45) is 0 Å². The van der Waals surface area contributed by atoms with Crippen molar-refractivity contribution >= 4 is 11.6 Å². The Morgan fingerprint density at radius 3 is 2.26 bits per heavy atom. The number of benzene rings is 2. The second-order valence-corrected chi connectivity index (χ2v) is 4.04. The van der Waals surface area contributed by atoms with Crippen molar-refractivity contribution in [1.82, 2.24) is 0 Å². The van der Waals surface area contributed by atoms with Gasteiger partial charge in [0.2, 0.25) is 0 Å². The van der Waals surface area contributed by atoms with Gasteiger partial charge in [-0.3, -0.25) is 4.79 Å². The highest BCUT2D eigenvalue weighted by Gasteiger charge is 2.15. The van der Waals surface area contributed by atoms with E-state index in [0.29, 0.717) is 5.69 Å². The van der Waals surface area contributed by atoms with Gasteiger partial charge in [0.1, 0.15) is 5.82 Å². The van der Waals surface area contributed by atoms with E-state index < -0.39 is 0 Å². The Labute approximate surface area is 109 Å². The van der Waals surface area contributed by atoms with E-state index >= 15 is 0 Å². The third-order valence-corrected chi connectivity index (χ3v) is 2.74. The number of anilines is 1. The van der Waals surface area contributed by atoms with Gasteiger partial charge in [0.15, 0.2) is 11.5 Å². The van der Waals surface area contributed by atoms with Crippen LogP contribution in [0, 0.1) is 5.82 Å². The second kappa shape index (κ2) is 4.97. The third-order valence-electron chi connectivity index (χ3n) is 2.74. The number of carbonyl (C=O) groups excluding carboxylic acids is 1. The fraction of sp³-hybridized carbons (Fsp3) is 0.0714. The fourth-order valence-corrected chi connectivity index (χ4v) is 1.63. The average molecular weight is 261 g/mol. The maximum atomic E-state index is 12.8. The summed E-state index contributed by atoms with van der Waals surface area (Å²) >= 11 is 0. The molecule has 0 saturated heterocycles. The lowest BCUT2D eigenvalue weighted by Gasteiger charge is -2.17. The zero-order valence-corrected chi connectivity index (χ0v) is 10.2. The summed E-state index contributed by atoms with van der Waals surface area (Å²) in [7, 11) is 1.54. The number of phenolic OH excluding ortho intramolecular Hbond substituents is 2. The summed E-state index contributed by atoms with van der Waals surface area (Å²) < 4.78 is 12.8. The van der Waals surface area contributed by atoms with E-state index in [2.05, 4.69) is 0 Å². The molecule has 0 heterocycles. The molecule has 2 aromatic rings. The first-order valence-corrected chi connectivity index (χ1v) is 5.54. The SMILES string of the molecule is CN(C(=O)c1ccc(O)c(O)c1)c1ccc(F)cc1. The Morgan fingerprint density at radius 2 is 1.68 bits per heavy atom. The first-order valence-electron chi connectivity index (χ1n) is 5.54. The van der Waals surface area contributed by atoms with Gasteiger partial charge in [-0.2, -0.15) is 0 Å². The maximum Gasteiger partial charge on any atom is 0.258 e. The van der Waals surface area contributed by atoms with Gasteiger partial charge in [0, 0.05) is 18.3 Å². The lowest BCUT2D eigenvalue weighted by atomic mass is 10.1. The van der Waals surface area contributed by atoms with Crippen LogP contribution >= 0.6 is 0 Å². The van der Waals surface area contributed by atoms with Gasteiger partial charge in [-0.15, -0.1) is 0 Å². The molecule has 0 aliphatic rings. The summed E-state index contributed by atoms with van der Waals surface area (Å²) in [6, 6.07) is 9.29. The summed E-state index contributed by atoms with van der Waals surface area (Å²) in [6.07, 6.45) is 0. The third kappa shape index (κ3) is 2.65. The van der Waals surface area contributed by atoms with Crippen molar-refractivity contribution in [2.75, 3.05) is 11.9 Å². The number of rotatable bonds is 2. The lowest BCUT2D eigenvalue weighted by Crippen LogP contribution is -2.26. The van der Waals surface area contributed by atoms with E-state index in [0.717, 1.165) is 0 Å². The van der Waals surface area contributed by atoms with Crippen LogP contribution in [-0.2, 0) is 0 Å². The molecule has 0 atom stereocenters. The van der Waals surface area contributed by atoms with Crippen molar-refractivity contribution in [3.05, 3.63) is 53.8 Å². The molecule has 2 N–H and O–H groups in total. The molecular formula is C14H12FNO3.